The minimum atomic E-state index is -1.04. The number of nitrogens with one attached hydrogen (secondary N) is 1. The summed E-state index contributed by atoms with van der Waals surface area (Å²) in [5.74, 6) is -1.25. The summed E-state index contributed by atoms with van der Waals surface area (Å²) in [4.78, 5) is 34.8. The van der Waals surface area contributed by atoms with Gasteiger partial charge >= 0.3 is 5.97 Å². The lowest BCUT2D eigenvalue weighted by molar-refractivity contribution is -0.116. The number of carboxylic acid groups (broad SMARTS) is 1. The van der Waals surface area contributed by atoms with E-state index < -0.39 is 11.9 Å². The molecule has 23 heavy (non-hydrogen) atoms. The van der Waals surface area contributed by atoms with Crippen molar-refractivity contribution in [3.05, 3.63) is 58.5 Å². The molecule has 0 aliphatic heterocycles. The zero-order chi connectivity index (χ0) is 16.8. The monoisotopic (exact) mass is 316 g/mol. The molecule has 0 atom stereocenters. The number of anilines is 1. The number of carbonyl (C=O) groups excluding carboxylic acids is 1. The third kappa shape index (κ3) is 4.19. The van der Waals surface area contributed by atoms with Gasteiger partial charge in [0.2, 0.25) is 5.91 Å². The average molecular weight is 316 g/mol. The van der Waals surface area contributed by atoms with Gasteiger partial charge in [-0.25, -0.2) is 4.79 Å². The van der Waals surface area contributed by atoms with Crippen LogP contribution in [0.1, 0.15) is 17.3 Å². The van der Waals surface area contributed by atoms with Crippen LogP contribution in [-0.4, -0.2) is 28.2 Å². The van der Waals surface area contributed by atoms with Gasteiger partial charge in [0.15, 0.2) is 5.75 Å². The molecule has 120 valence electrons. The molecule has 0 spiro atoms. The van der Waals surface area contributed by atoms with E-state index in [1.807, 2.05) is 0 Å². The van der Waals surface area contributed by atoms with E-state index >= 15 is 0 Å². The number of pyridine rings is 1. The maximum Gasteiger partial charge on any atom is 0.335 e. The van der Waals surface area contributed by atoms with E-state index in [9.17, 15) is 14.4 Å². The molecular weight excluding hydrogens is 300 g/mol. The van der Waals surface area contributed by atoms with Crippen LogP contribution in [0.3, 0.4) is 0 Å². The Bertz CT molecular complexity index is 765. The first-order valence-corrected chi connectivity index (χ1v) is 6.96. The van der Waals surface area contributed by atoms with Gasteiger partial charge in [0.05, 0.1) is 12.2 Å². The second-order valence-corrected chi connectivity index (χ2v) is 4.67. The van der Waals surface area contributed by atoms with Crippen molar-refractivity contribution in [1.29, 1.82) is 0 Å². The summed E-state index contributed by atoms with van der Waals surface area (Å²) < 4.78 is 6.43. The van der Waals surface area contributed by atoms with Crippen LogP contribution >= 0.6 is 0 Å². The van der Waals surface area contributed by atoms with Crippen LogP contribution in [0, 0.1) is 0 Å². The first-order chi connectivity index (χ1) is 11.0. The van der Waals surface area contributed by atoms with Gasteiger partial charge in [0, 0.05) is 11.9 Å². The van der Waals surface area contributed by atoms with Crippen LogP contribution in [0.25, 0.3) is 0 Å². The molecule has 1 aromatic carbocycles. The first-order valence-electron chi connectivity index (χ1n) is 6.96. The van der Waals surface area contributed by atoms with Crippen molar-refractivity contribution in [2.75, 3.05) is 11.9 Å². The van der Waals surface area contributed by atoms with Crippen LogP contribution in [0.15, 0.2) is 47.4 Å². The van der Waals surface area contributed by atoms with Gasteiger partial charge in [-0.1, -0.05) is 0 Å². The topological polar surface area (TPSA) is 97.6 Å². The molecule has 1 heterocycles. The van der Waals surface area contributed by atoms with Gasteiger partial charge in [-0.15, -0.1) is 0 Å². The number of benzene rings is 1. The van der Waals surface area contributed by atoms with Crippen LogP contribution in [0.2, 0.25) is 0 Å². The predicted octanol–water partition coefficient (Wildman–Crippen LogP) is 1.58. The lowest BCUT2D eigenvalue weighted by Gasteiger charge is -2.09. The molecule has 0 unspecified atom stereocenters. The van der Waals surface area contributed by atoms with Crippen molar-refractivity contribution in [2.45, 2.75) is 13.5 Å². The zero-order valence-electron chi connectivity index (χ0n) is 12.5. The summed E-state index contributed by atoms with van der Waals surface area (Å²) in [5.41, 5.74) is 0.198. The second-order valence-electron chi connectivity index (χ2n) is 4.67. The number of amides is 1. The Morgan fingerprint density at radius 1 is 1.22 bits per heavy atom. The molecule has 7 nitrogen and oxygen atoms in total. The van der Waals surface area contributed by atoms with Gasteiger partial charge in [0.1, 0.15) is 6.54 Å². The summed E-state index contributed by atoms with van der Waals surface area (Å²) >= 11 is 0. The third-order valence-corrected chi connectivity index (χ3v) is 3.01. The van der Waals surface area contributed by atoms with Crippen molar-refractivity contribution < 1.29 is 19.4 Å². The molecule has 1 amide bonds. The quantitative estimate of drug-likeness (QED) is 0.843. The molecule has 7 heteroatoms. The summed E-state index contributed by atoms with van der Waals surface area (Å²) in [5, 5.41) is 11.4. The molecule has 1 aromatic heterocycles. The van der Waals surface area contributed by atoms with E-state index in [2.05, 4.69) is 5.32 Å². The maximum atomic E-state index is 12.1. The first kappa shape index (κ1) is 16.3. The molecule has 2 N–H and O–H groups in total. The van der Waals surface area contributed by atoms with E-state index in [0.717, 1.165) is 0 Å². The molecule has 0 saturated carbocycles. The molecule has 0 saturated heterocycles. The van der Waals surface area contributed by atoms with Crippen molar-refractivity contribution in [1.82, 2.24) is 4.57 Å². The lowest BCUT2D eigenvalue weighted by atomic mass is 10.2. The number of carbonyl (C=O) groups is 2. The highest BCUT2D eigenvalue weighted by Crippen LogP contribution is 2.10. The Kier molecular flexibility index (Phi) is 5.14. The number of nitrogens with zero attached hydrogens (tertiary/aromatic N) is 1. The van der Waals surface area contributed by atoms with Crippen LogP contribution < -0.4 is 15.6 Å². The number of carboxylic acids is 1. The van der Waals surface area contributed by atoms with Gasteiger partial charge in [0.25, 0.3) is 5.56 Å². The van der Waals surface area contributed by atoms with E-state index in [1.54, 1.807) is 19.1 Å². The molecule has 2 aromatic rings. The maximum absolute atomic E-state index is 12.1. The Morgan fingerprint density at radius 2 is 1.91 bits per heavy atom. The smallest absolute Gasteiger partial charge is 0.335 e. The van der Waals surface area contributed by atoms with E-state index in [4.69, 9.17) is 9.84 Å². The molecule has 0 aliphatic rings. The van der Waals surface area contributed by atoms with Crippen molar-refractivity contribution in [2.24, 2.45) is 0 Å². The number of aromatic carboxylic acids is 1. The van der Waals surface area contributed by atoms with Crippen LogP contribution in [-0.2, 0) is 11.3 Å². The summed E-state index contributed by atoms with van der Waals surface area (Å²) in [6.45, 7) is 1.96. The van der Waals surface area contributed by atoms with Gasteiger partial charge < -0.3 is 19.7 Å². The molecule has 0 aliphatic carbocycles. The zero-order valence-corrected chi connectivity index (χ0v) is 12.5. The Labute approximate surface area is 132 Å². The summed E-state index contributed by atoms with van der Waals surface area (Å²) in [6, 6.07) is 8.92. The highest BCUT2D eigenvalue weighted by Gasteiger charge is 2.09. The van der Waals surface area contributed by atoms with Gasteiger partial charge in [-0.3, -0.25) is 9.59 Å². The third-order valence-electron chi connectivity index (χ3n) is 3.01. The normalized spacial score (nSPS) is 10.1. The second kappa shape index (κ2) is 7.26. The Morgan fingerprint density at radius 3 is 2.52 bits per heavy atom. The number of ether oxygens (including phenoxy) is 1. The SMILES string of the molecule is CCOc1cccn(CC(=O)Nc2ccc(C(=O)O)cc2)c1=O. The van der Waals surface area contributed by atoms with Gasteiger partial charge in [-0.2, -0.15) is 0 Å². The van der Waals surface area contributed by atoms with Crippen molar-refractivity contribution >= 4 is 17.6 Å². The fraction of sp³-hybridized carbons (Fsp3) is 0.188. The summed E-state index contributed by atoms with van der Waals surface area (Å²) in [6.07, 6.45) is 1.50. The number of hydrogen-bond acceptors (Lipinski definition) is 4. The van der Waals surface area contributed by atoms with Crippen molar-refractivity contribution in [3.8, 4) is 5.75 Å². The fourth-order valence-corrected chi connectivity index (χ4v) is 1.96. The van der Waals surface area contributed by atoms with E-state index in [-0.39, 0.29) is 23.4 Å². The van der Waals surface area contributed by atoms with Crippen LogP contribution in [0.5, 0.6) is 5.75 Å². The molecule has 2 rings (SSSR count). The number of aromatic nitrogens is 1. The standard InChI is InChI=1S/C16H16N2O5/c1-2-23-13-4-3-9-18(15(13)20)10-14(19)17-12-7-5-11(6-8-12)16(21)22/h3-9H,2,10H2,1H3,(H,17,19)(H,21,22). The highest BCUT2D eigenvalue weighted by atomic mass is 16.5. The number of hydrogen-bond donors (Lipinski definition) is 2. The average Bonchev–Trinajstić information content (AvgIpc) is 2.52. The van der Waals surface area contributed by atoms with E-state index in [0.29, 0.717) is 12.3 Å². The molecular formula is C16H16N2O5. The molecule has 0 fully saturated rings. The predicted molar refractivity (Wildman–Crippen MR) is 83.9 cm³/mol. The van der Waals surface area contributed by atoms with E-state index in [1.165, 1.54) is 35.0 Å². The summed E-state index contributed by atoms with van der Waals surface area (Å²) in [7, 11) is 0. The van der Waals surface area contributed by atoms with Crippen molar-refractivity contribution in [3.63, 3.8) is 0 Å². The number of rotatable bonds is 6. The largest absolute Gasteiger partial charge is 0.488 e. The minimum Gasteiger partial charge on any atom is -0.488 e. The highest BCUT2D eigenvalue weighted by molar-refractivity contribution is 5.92. The fourth-order valence-electron chi connectivity index (χ4n) is 1.96. The van der Waals surface area contributed by atoms with Crippen LogP contribution in [0.4, 0.5) is 5.69 Å². The Hall–Kier alpha value is -3.09. The lowest BCUT2D eigenvalue weighted by Crippen LogP contribution is -2.28. The molecule has 0 radical (unpaired) electrons. The minimum absolute atomic E-state index is 0.128. The Balaban J connectivity index is 2.06. The molecule has 0 bridgehead atoms. The van der Waals surface area contributed by atoms with Gasteiger partial charge in [-0.05, 0) is 43.3 Å².